The van der Waals surface area contributed by atoms with Gasteiger partial charge >= 0.3 is 0 Å². The molecule has 5 heteroatoms. The van der Waals surface area contributed by atoms with Gasteiger partial charge in [0.25, 0.3) is 5.91 Å². The van der Waals surface area contributed by atoms with Crippen LogP contribution in [0.3, 0.4) is 0 Å². The van der Waals surface area contributed by atoms with Crippen LogP contribution in [-0.4, -0.2) is 57.5 Å². The lowest BCUT2D eigenvalue weighted by Crippen LogP contribution is -2.47. The fourth-order valence-electron chi connectivity index (χ4n) is 4.65. The molecule has 0 radical (unpaired) electrons. The van der Waals surface area contributed by atoms with Crippen LogP contribution in [0.5, 0.6) is 0 Å². The number of aromatic nitrogens is 2. The molecule has 4 rings (SSSR count). The Bertz CT molecular complexity index is 1060. The summed E-state index contributed by atoms with van der Waals surface area (Å²) in [5, 5.41) is 0. The van der Waals surface area contributed by atoms with Crippen molar-refractivity contribution in [3.8, 4) is 0 Å². The second kappa shape index (κ2) is 8.83. The van der Waals surface area contributed by atoms with Gasteiger partial charge in [-0.2, -0.15) is 0 Å². The topological polar surface area (TPSA) is 41.4 Å². The first kappa shape index (κ1) is 21.6. The van der Waals surface area contributed by atoms with Gasteiger partial charge in [0, 0.05) is 44.3 Å². The molecule has 0 aliphatic carbocycles. The van der Waals surface area contributed by atoms with Crippen LogP contribution in [0, 0.1) is 13.8 Å². The molecule has 0 saturated carbocycles. The molecular weight excluding hydrogens is 384 g/mol. The second-order valence-electron chi connectivity index (χ2n) is 9.21. The average molecular weight is 419 g/mol. The van der Waals surface area contributed by atoms with E-state index in [1.165, 1.54) is 11.1 Å². The van der Waals surface area contributed by atoms with E-state index < -0.39 is 0 Å². The molecule has 2 aromatic carbocycles. The van der Waals surface area contributed by atoms with Crippen molar-refractivity contribution in [2.45, 2.75) is 59.2 Å². The molecule has 1 amide bonds. The van der Waals surface area contributed by atoms with Crippen molar-refractivity contribution in [2.24, 2.45) is 0 Å². The fourth-order valence-corrected chi connectivity index (χ4v) is 4.65. The summed E-state index contributed by atoms with van der Waals surface area (Å²) < 4.78 is 2.24. The van der Waals surface area contributed by atoms with Crippen LogP contribution in [0.25, 0.3) is 11.0 Å². The van der Waals surface area contributed by atoms with E-state index in [4.69, 9.17) is 0 Å². The molecule has 5 nitrogen and oxygen atoms in total. The molecule has 1 aromatic heterocycles. The lowest BCUT2D eigenvalue weighted by Gasteiger charge is -2.38. The standard InChI is InChI=1S/C26H34N4O/c1-18(2)29-14-12-23(13-15-29)28(5)26(31)22-9-7-21(8-10-22)17-30-20(4)27-24-11-6-19(3)16-25(24)30/h6-11,16,18,23H,12-15,17H2,1-5H3. The zero-order chi connectivity index (χ0) is 22.1. The number of piperidine rings is 1. The van der Waals surface area contributed by atoms with Crippen LogP contribution < -0.4 is 0 Å². The van der Waals surface area contributed by atoms with E-state index in [1.807, 2.05) is 31.0 Å². The van der Waals surface area contributed by atoms with Crippen molar-refractivity contribution in [3.05, 3.63) is 65.0 Å². The number of fused-ring (bicyclic) bond motifs is 1. The van der Waals surface area contributed by atoms with Gasteiger partial charge in [0.05, 0.1) is 11.0 Å². The maximum absolute atomic E-state index is 13.1. The minimum absolute atomic E-state index is 0.120. The van der Waals surface area contributed by atoms with Crippen molar-refractivity contribution in [1.29, 1.82) is 0 Å². The Morgan fingerprint density at radius 1 is 1.10 bits per heavy atom. The molecule has 31 heavy (non-hydrogen) atoms. The number of likely N-dealkylation sites (tertiary alicyclic amines) is 1. The summed E-state index contributed by atoms with van der Waals surface area (Å²) in [7, 11) is 1.95. The van der Waals surface area contributed by atoms with Crippen molar-refractivity contribution < 1.29 is 4.79 Å². The van der Waals surface area contributed by atoms with Crippen molar-refractivity contribution in [2.75, 3.05) is 20.1 Å². The van der Waals surface area contributed by atoms with Crippen LogP contribution in [0.1, 0.15) is 54.0 Å². The third kappa shape index (κ3) is 4.52. The van der Waals surface area contributed by atoms with Crippen molar-refractivity contribution in [3.63, 3.8) is 0 Å². The molecule has 1 saturated heterocycles. The highest BCUT2D eigenvalue weighted by atomic mass is 16.2. The van der Waals surface area contributed by atoms with E-state index >= 15 is 0 Å². The quantitative estimate of drug-likeness (QED) is 0.606. The summed E-state index contributed by atoms with van der Waals surface area (Å²) in [6.45, 7) is 11.5. The lowest BCUT2D eigenvalue weighted by molar-refractivity contribution is 0.0615. The minimum Gasteiger partial charge on any atom is -0.339 e. The molecule has 1 fully saturated rings. The van der Waals surface area contributed by atoms with Gasteiger partial charge in [0.15, 0.2) is 0 Å². The van der Waals surface area contributed by atoms with Crippen molar-refractivity contribution >= 4 is 16.9 Å². The van der Waals surface area contributed by atoms with E-state index in [-0.39, 0.29) is 5.91 Å². The highest BCUT2D eigenvalue weighted by Crippen LogP contribution is 2.21. The molecular formula is C26H34N4O. The first-order chi connectivity index (χ1) is 14.8. The van der Waals surface area contributed by atoms with Crippen LogP contribution in [0.2, 0.25) is 0 Å². The zero-order valence-electron chi connectivity index (χ0n) is 19.4. The molecule has 0 spiro atoms. The summed E-state index contributed by atoms with van der Waals surface area (Å²) >= 11 is 0. The maximum Gasteiger partial charge on any atom is 0.253 e. The smallest absolute Gasteiger partial charge is 0.253 e. The largest absolute Gasteiger partial charge is 0.339 e. The van der Waals surface area contributed by atoms with Gasteiger partial charge in [-0.3, -0.25) is 4.79 Å². The predicted octanol–water partition coefficient (Wildman–Crippen LogP) is 4.65. The SMILES string of the molecule is Cc1ccc2nc(C)n(Cc3ccc(C(=O)N(C)C4CCN(C(C)C)CC4)cc3)c2c1. The number of rotatable bonds is 5. The van der Waals surface area contributed by atoms with Crippen LogP contribution >= 0.6 is 0 Å². The van der Waals surface area contributed by atoms with Gasteiger partial charge in [0.1, 0.15) is 5.82 Å². The minimum atomic E-state index is 0.120. The van der Waals surface area contributed by atoms with E-state index in [1.54, 1.807) is 0 Å². The van der Waals surface area contributed by atoms with E-state index in [0.717, 1.165) is 54.9 Å². The fraction of sp³-hybridized carbons (Fsp3) is 0.462. The second-order valence-corrected chi connectivity index (χ2v) is 9.21. The van der Waals surface area contributed by atoms with Crippen LogP contribution in [0.4, 0.5) is 0 Å². The van der Waals surface area contributed by atoms with Gasteiger partial charge in [-0.15, -0.1) is 0 Å². The average Bonchev–Trinajstić information content (AvgIpc) is 3.07. The highest BCUT2D eigenvalue weighted by Gasteiger charge is 2.26. The Labute approximate surface area is 185 Å². The van der Waals surface area contributed by atoms with E-state index in [0.29, 0.717) is 12.1 Å². The molecule has 164 valence electrons. The number of hydrogen-bond acceptors (Lipinski definition) is 3. The third-order valence-corrected chi connectivity index (χ3v) is 6.73. The number of aryl methyl sites for hydroxylation is 2. The first-order valence-corrected chi connectivity index (χ1v) is 11.4. The normalized spacial score (nSPS) is 15.7. The zero-order valence-corrected chi connectivity index (χ0v) is 19.4. The Hall–Kier alpha value is -2.66. The molecule has 3 aromatic rings. The Kier molecular flexibility index (Phi) is 6.15. The molecule has 0 N–H and O–H groups in total. The summed E-state index contributed by atoms with van der Waals surface area (Å²) in [6, 6.07) is 15.4. The molecule has 1 aliphatic heterocycles. The van der Waals surface area contributed by atoms with Crippen molar-refractivity contribution in [1.82, 2.24) is 19.4 Å². The molecule has 2 heterocycles. The van der Waals surface area contributed by atoms with Crippen LogP contribution in [0.15, 0.2) is 42.5 Å². The number of carbonyl (C=O) groups excluding carboxylic acids is 1. The maximum atomic E-state index is 13.1. The first-order valence-electron chi connectivity index (χ1n) is 11.4. The summed E-state index contributed by atoms with van der Waals surface area (Å²) in [5.41, 5.74) is 5.36. The summed E-state index contributed by atoms with van der Waals surface area (Å²) in [4.78, 5) is 22.2. The number of benzene rings is 2. The predicted molar refractivity (Wildman–Crippen MR) is 127 cm³/mol. The molecule has 1 aliphatic rings. The van der Waals surface area contributed by atoms with E-state index in [2.05, 4.69) is 65.6 Å². The van der Waals surface area contributed by atoms with E-state index in [9.17, 15) is 4.79 Å². The van der Waals surface area contributed by atoms with Gasteiger partial charge in [-0.1, -0.05) is 18.2 Å². The Balaban J connectivity index is 1.44. The molecule has 0 bridgehead atoms. The number of hydrogen-bond donors (Lipinski definition) is 0. The van der Waals surface area contributed by atoms with Gasteiger partial charge < -0.3 is 14.4 Å². The van der Waals surface area contributed by atoms with Gasteiger partial charge in [0.2, 0.25) is 0 Å². The molecule has 0 unspecified atom stereocenters. The Morgan fingerprint density at radius 3 is 2.42 bits per heavy atom. The van der Waals surface area contributed by atoms with Gasteiger partial charge in [-0.05, 0) is 75.9 Å². The monoisotopic (exact) mass is 418 g/mol. The number of amides is 1. The number of imidazole rings is 1. The molecule has 0 atom stereocenters. The highest BCUT2D eigenvalue weighted by molar-refractivity contribution is 5.94. The number of carbonyl (C=O) groups is 1. The van der Waals surface area contributed by atoms with Crippen LogP contribution in [-0.2, 0) is 6.54 Å². The summed E-state index contributed by atoms with van der Waals surface area (Å²) in [5.74, 6) is 1.13. The number of nitrogens with zero attached hydrogens (tertiary/aromatic N) is 4. The van der Waals surface area contributed by atoms with Gasteiger partial charge in [-0.25, -0.2) is 4.98 Å². The Morgan fingerprint density at radius 2 is 1.77 bits per heavy atom. The lowest BCUT2D eigenvalue weighted by atomic mass is 10.0. The third-order valence-electron chi connectivity index (χ3n) is 6.73. The summed E-state index contributed by atoms with van der Waals surface area (Å²) in [6.07, 6.45) is 2.09.